The topological polar surface area (TPSA) is 84.3 Å². The maximum absolute atomic E-state index is 12.2. The second kappa shape index (κ2) is 5.85. The van der Waals surface area contributed by atoms with Crippen LogP contribution in [0.4, 0.5) is 0 Å². The van der Waals surface area contributed by atoms with E-state index in [4.69, 9.17) is 9.15 Å². The highest BCUT2D eigenvalue weighted by molar-refractivity contribution is 5.84. The van der Waals surface area contributed by atoms with Crippen LogP contribution in [0, 0.1) is 0 Å². The largest absolute Gasteiger partial charge is 0.416 e. The second-order valence-electron chi connectivity index (χ2n) is 6.20. The van der Waals surface area contributed by atoms with Crippen LogP contribution in [0.5, 0.6) is 0 Å². The number of likely N-dealkylation sites (N-methyl/N-ethyl adjacent to an activating group) is 1. The van der Waals surface area contributed by atoms with Gasteiger partial charge in [-0.05, 0) is 31.5 Å². The molecule has 0 bridgehead atoms. The second-order valence-corrected chi connectivity index (χ2v) is 6.20. The Balaban J connectivity index is 1.69. The van der Waals surface area contributed by atoms with Crippen LogP contribution in [0.2, 0.25) is 0 Å². The molecule has 24 heavy (non-hydrogen) atoms. The fourth-order valence-electron chi connectivity index (χ4n) is 3.10. The van der Waals surface area contributed by atoms with Crippen LogP contribution in [-0.2, 0) is 4.74 Å². The molecule has 0 saturated carbocycles. The van der Waals surface area contributed by atoms with Gasteiger partial charge >= 0.3 is 0 Å². The molecule has 7 nitrogen and oxygen atoms in total. The zero-order valence-electron chi connectivity index (χ0n) is 13.5. The predicted molar refractivity (Wildman–Crippen MR) is 88.6 cm³/mol. The number of H-pyrrole nitrogens is 1. The van der Waals surface area contributed by atoms with Crippen molar-refractivity contribution in [2.24, 2.45) is 0 Å². The summed E-state index contributed by atoms with van der Waals surface area (Å²) in [7, 11) is 2.03. The van der Waals surface area contributed by atoms with E-state index >= 15 is 0 Å². The monoisotopic (exact) mass is 326 g/mol. The van der Waals surface area contributed by atoms with Crippen LogP contribution in [0.1, 0.15) is 18.9 Å². The number of ether oxygens (including phenoxy) is 1. The molecule has 1 N–H and O–H groups in total. The van der Waals surface area contributed by atoms with Crippen molar-refractivity contribution in [2.75, 3.05) is 20.1 Å². The van der Waals surface area contributed by atoms with Crippen molar-refractivity contribution in [3.8, 4) is 11.6 Å². The zero-order valence-corrected chi connectivity index (χ0v) is 13.5. The number of aromatic nitrogens is 3. The first-order chi connectivity index (χ1) is 11.6. The number of fused-ring (bicyclic) bond motifs is 1. The van der Waals surface area contributed by atoms with Gasteiger partial charge in [0, 0.05) is 18.5 Å². The third kappa shape index (κ3) is 2.72. The van der Waals surface area contributed by atoms with Crippen LogP contribution in [0.25, 0.3) is 22.4 Å². The molecule has 124 valence electrons. The van der Waals surface area contributed by atoms with Crippen LogP contribution in [-0.4, -0.2) is 46.3 Å². The molecule has 4 rings (SSSR count). The van der Waals surface area contributed by atoms with E-state index < -0.39 is 0 Å². The van der Waals surface area contributed by atoms with Gasteiger partial charge in [0.1, 0.15) is 11.8 Å². The van der Waals surface area contributed by atoms with E-state index in [9.17, 15) is 4.79 Å². The minimum Gasteiger partial charge on any atom is -0.416 e. The summed E-state index contributed by atoms with van der Waals surface area (Å²) in [5, 5.41) is 9.64. The van der Waals surface area contributed by atoms with Gasteiger partial charge in [-0.1, -0.05) is 18.2 Å². The van der Waals surface area contributed by atoms with Crippen molar-refractivity contribution < 1.29 is 9.15 Å². The molecule has 3 heterocycles. The molecule has 7 heteroatoms. The van der Waals surface area contributed by atoms with Gasteiger partial charge in [-0.3, -0.25) is 4.79 Å². The van der Waals surface area contributed by atoms with E-state index in [2.05, 4.69) is 20.1 Å². The Hall–Kier alpha value is -2.51. The Morgan fingerprint density at radius 3 is 2.92 bits per heavy atom. The minimum atomic E-state index is -0.257. The van der Waals surface area contributed by atoms with Crippen molar-refractivity contribution in [2.45, 2.75) is 19.1 Å². The van der Waals surface area contributed by atoms with Gasteiger partial charge in [-0.15, -0.1) is 10.2 Å². The Morgan fingerprint density at radius 1 is 1.25 bits per heavy atom. The number of benzene rings is 1. The summed E-state index contributed by atoms with van der Waals surface area (Å²) in [5.41, 5.74) is 0.333. The van der Waals surface area contributed by atoms with Gasteiger partial charge in [-0.25, -0.2) is 0 Å². The number of hydrogen-bond donors (Lipinski definition) is 1. The third-order valence-corrected chi connectivity index (χ3v) is 4.14. The first kappa shape index (κ1) is 15.0. The van der Waals surface area contributed by atoms with E-state index in [0.717, 1.165) is 11.9 Å². The molecular weight excluding hydrogens is 308 g/mol. The van der Waals surface area contributed by atoms with Gasteiger partial charge in [-0.2, -0.15) is 0 Å². The summed E-state index contributed by atoms with van der Waals surface area (Å²) in [6.45, 7) is 3.58. The van der Waals surface area contributed by atoms with Crippen molar-refractivity contribution in [1.82, 2.24) is 20.1 Å². The van der Waals surface area contributed by atoms with Crippen molar-refractivity contribution in [3.05, 3.63) is 46.6 Å². The van der Waals surface area contributed by atoms with Crippen molar-refractivity contribution in [3.63, 3.8) is 0 Å². The molecule has 3 aromatic rings. The molecule has 2 aromatic heterocycles. The van der Waals surface area contributed by atoms with E-state index in [1.807, 2.05) is 38.2 Å². The third-order valence-electron chi connectivity index (χ3n) is 4.14. The number of aromatic amines is 1. The normalized spacial score (nSPS) is 22.1. The highest BCUT2D eigenvalue weighted by atomic mass is 16.5. The maximum atomic E-state index is 12.2. The lowest BCUT2D eigenvalue weighted by Gasteiger charge is -2.32. The van der Waals surface area contributed by atoms with Crippen LogP contribution in [0.3, 0.4) is 0 Å². The lowest BCUT2D eigenvalue weighted by atomic mass is 10.1. The molecule has 0 spiro atoms. The summed E-state index contributed by atoms with van der Waals surface area (Å²) in [6.07, 6.45) is -0.156. The number of pyridine rings is 1. The highest BCUT2D eigenvalue weighted by Crippen LogP contribution is 2.26. The lowest BCUT2D eigenvalue weighted by Crippen LogP contribution is -2.40. The number of rotatable bonds is 2. The van der Waals surface area contributed by atoms with E-state index in [1.165, 1.54) is 0 Å². The maximum Gasteiger partial charge on any atom is 0.264 e. The van der Waals surface area contributed by atoms with Crippen LogP contribution in [0.15, 0.2) is 39.5 Å². The first-order valence-electron chi connectivity index (χ1n) is 7.90. The Bertz CT molecular complexity index is 923. The molecule has 1 fully saturated rings. The summed E-state index contributed by atoms with van der Waals surface area (Å²) in [5.74, 6) is 0.717. The van der Waals surface area contributed by atoms with E-state index in [0.29, 0.717) is 23.5 Å². The molecule has 1 saturated heterocycles. The quantitative estimate of drug-likeness (QED) is 0.775. The summed E-state index contributed by atoms with van der Waals surface area (Å²) < 4.78 is 11.6. The molecule has 1 aromatic carbocycles. The number of hydrogen-bond acceptors (Lipinski definition) is 6. The molecule has 1 aliphatic rings. The first-order valence-corrected chi connectivity index (χ1v) is 7.90. The molecule has 0 aliphatic carbocycles. The fourth-order valence-corrected chi connectivity index (χ4v) is 3.10. The van der Waals surface area contributed by atoms with Gasteiger partial charge in [0.05, 0.1) is 6.10 Å². The summed E-state index contributed by atoms with van der Waals surface area (Å²) in [6, 6.07) is 9.22. The van der Waals surface area contributed by atoms with Gasteiger partial charge in [0.15, 0.2) is 0 Å². The average Bonchev–Trinajstić information content (AvgIpc) is 3.04. The van der Waals surface area contributed by atoms with Gasteiger partial charge in [0.2, 0.25) is 5.89 Å². The molecule has 2 atom stereocenters. The molecular formula is C17H18N4O3. The number of nitrogens with one attached hydrogen (secondary N) is 1. The van der Waals surface area contributed by atoms with E-state index in [1.54, 1.807) is 6.07 Å². The fraction of sp³-hybridized carbons (Fsp3) is 0.353. The zero-order chi connectivity index (χ0) is 16.7. The molecule has 0 amide bonds. The summed E-state index contributed by atoms with van der Waals surface area (Å²) >= 11 is 0. The lowest BCUT2D eigenvalue weighted by molar-refractivity contribution is -0.0821. The van der Waals surface area contributed by atoms with Gasteiger partial charge in [0.25, 0.3) is 11.4 Å². The number of nitrogens with zero attached hydrogens (tertiary/aromatic N) is 3. The smallest absolute Gasteiger partial charge is 0.264 e. The summed E-state index contributed by atoms with van der Waals surface area (Å²) in [4.78, 5) is 17.2. The highest BCUT2D eigenvalue weighted by Gasteiger charge is 2.28. The number of morpholine rings is 1. The molecule has 0 unspecified atom stereocenters. The van der Waals surface area contributed by atoms with Gasteiger partial charge < -0.3 is 19.0 Å². The van der Waals surface area contributed by atoms with Crippen LogP contribution < -0.4 is 5.56 Å². The standard InChI is InChI=1S/C17H18N4O3/c1-10-8-21(2)9-14(23-10)17-20-19-16(24-17)13-7-11-5-3-4-6-12(11)15(22)18-13/h3-7,10,14H,8-9H2,1-2H3,(H,18,22)/t10-,14-/m1/s1. The van der Waals surface area contributed by atoms with Crippen LogP contribution >= 0.6 is 0 Å². The minimum absolute atomic E-state index is 0.101. The average molecular weight is 326 g/mol. The Morgan fingerprint density at radius 2 is 2.08 bits per heavy atom. The SMILES string of the molecule is C[C@@H]1CN(C)C[C@H](c2nnc(-c3cc4ccccc4c(=O)[nH]3)o2)O1. The molecule has 1 aliphatic heterocycles. The van der Waals surface area contributed by atoms with E-state index in [-0.39, 0.29) is 23.7 Å². The predicted octanol–water partition coefficient (Wildman–Crippen LogP) is 1.97. The van der Waals surface area contributed by atoms with Crippen molar-refractivity contribution >= 4 is 10.8 Å². The van der Waals surface area contributed by atoms with Crippen molar-refractivity contribution in [1.29, 1.82) is 0 Å². The Labute approximate surface area is 138 Å². The molecule has 0 radical (unpaired) electrons. The Kier molecular flexibility index (Phi) is 3.66.